The molecule has 19 nitrogen and oxygen atoms in total. The number of guanidine groups is 2. The van der Waals surface area contributed by atoms with Crippen molar-refractivity contribution >= 4 is 64.5 Å². The Hall–Kier alpha value is -5.82. The second kappa shape index (κ2) is 14.0. The van der Waals surface area contributed by atoms with E-state index < -0.39 is 11.8 Å². The number of nitrogens with two attached hydrogens (primary N) is 4. The van der Waals surface area contributed by atoms with Gasteiger partial charge in [-0.3, -0.25) is 39.9 Å². The summed E-state index contributed by atoms with van der Waals surface area (Å²) in [6.07, 6.45) is 3.01. The third kappa shape index (κ3) is 7.43. The summed E-state index contributed by atoms with van der Waals surface area (Å²) < 4.78 is 0. The lowest BCUT2D eigenvalue weighted by Crippen LogP contribution is -2.57. The Bertz CT molecular complexity index is 2020. The smallest absolute Gasteiger partial charge is 0.280 e. The molecule has 0 aliphatic carbocycles. The maximum absolute atomic E-state index is 13.4. The maximum atomic E-state index is 13.4. The number of aliphatic imine (C=N–C) groups is 2. The molecule has 20 heteroatoms. The highest BCUT2D eigenvalue weighted by Crippen LogP contribution is 2.29. The molecule has 3 amide bonds. The highest BCUT2D eigenvalue weighted by Gasteiger charge is 2.41. The minimum atomic E-state index is -0.606. The van der Waals surface area contributed by atoms with E-state index in [4.69, 9.17) is 34.5 Å². The predicted octanol–water partition coefficient (Wildman–Crippen LogP) is -0.355. The summed E-state index contributed by atoms with van der Waals surface area (Å²) in [4.78, 5) is 68.1. The first-order valence-electron chi connectivity index (χ1n) is 17.2. The molecule has 2 saturated heterocycles. The molecule has 0 unspecified atom stereocenters. The second-order valence-electron chi connectivity index (χ2n) is 13.9. The fourth-order valence-corrected chi connectivity index (χ4v) is 7.08. The average Bonchev–Trinajstić information content (AvgIpc) is 3.72. The van der Waals surface area contributed by atoms with E-state index >= 15 is 0 Å². The van der Waals surface area contributed by atoms with Crippen molar-refractivity contribution in [2.45, 2.75) is 50.2 Å². The third-order valence-electron chi connectivity index (χ3n) is 10.2. The van der Waals surface area contributed by atoms with Crippen LogP contribution in [0.25, 0.3) is 0 Å². The van der Waals surface area contributed by atoms with Crippen LogP contribution in [-0.2, 0) is 6.54 Å². The van der Waals surface area contributed by atoms with E-state index in [1.807, 2.05) is 29.2 Å². The number of aromatic nitrogens is 4. The second-order valence-corrected chi connectivity index (χ2v) is 14.2. The van der Waals surface area contributed by atoms with Crippen molar-refractivity contribution in [2.24, 2.45) is 9.98 Å². The molecular formula is C33H41ClN16O3. The van der Waals surface area contributed by atoms with Gasteiger partial charge in [-0.2, -0.15) is 0 Å². The van der Waals surface area contributed by atoms with Crippen molar-refractivity contribution in [2.75, 3.05) is 62.2 Å². The van der Waals surface area contributed by atoms with Gasteiger partial charge in [0, 0.05) is 38.3 Å². The monoisotopic (exact) mass is 744 g/mol. The lowest BCUT2D eigenvalue weighted by molar-refractivity contribution is 0.0668. The van der Waals surface area contributed by atoms with Crippen LogP contribution < -0.4 is 44.2 Å². The number of halogens is 1. The zero-order valence-corrected chi connectivity index (χ0v) is 29.8. The molecule has 0 radical (unpaired) electrons. The summed E-state index contributed by atoms with van der Waals surface area (Å²) in [5.41, 5.74) is 24.5. The van der Waals surface area contributed by atoms with Gasteiger partial charge in [-0.1, -0.05) is 23.7 Å². The molecule has 7 rings (SSSR count). The first-order valence-corrected chi connectivity index (χ1v) is 17.6. The van der Waals surface area contributed by atoms with Crippen LogP contribution in [0.3, 0.4) is 0 Å². The Balaban J connectivity index is 0.845. The normalized spacial score (nSPS) is 18.9. The number of amides is 3. The highest BCUT2D eigenvalue weighted by atomic mass is 35.5. The highest BCUT2D eigenvalue weighted by molar-refractivity contribution is 6.31. The van der Waals surface area contributed by atoms with Crippen LogP contribution in [0.2, 0.25) is 5.15 Å². The number of piperidine rings is 2. The maximum Gasteiger partial charge on any atom is 0.280 e. The molecule has 2 fully saturated rings. The fourth-order valence-electron chi connectivity index (χ4n) is 6.95. The molecule has 0 atom stereocenters. The van der Waals surface area contributed by atoms with Gasteiger partial charge >= 0.3 is 0 Å². The number of benzene rings is 1. The Morgan fingerprint density at radius 2 is 1.25 bits per heavy atom. The number of carbonyl (C=O) groups excluding carboxylic acids is 3. The molecule has 0 bridgehead atoms. The first kappa shape index (κ1) is 35.6. The van der Waals surface area contributed by atoms with E-state index in [1.165, 1.54) is 0 Å². The molecule has 53 heavy (non-hydrogen) atoms. The Labute approximate surface area is 309 Å². The van der Waals surface area contributed by atoms with Gasteiger partial charge in [0.25, 0.3) is 17.7 Å². The molecule has 0 saturated carbocycles. The van der Waals surface area contributed by atoms with Crippen molar-refractivity contribution in [3.8, 4) is 0 Å². The minimum absolute atomic E-state index is 0.00874. The Morgan fingerprint density at radius 3 is 1.81 bits per heavy atom. The molecular weight excluding hydrogens is 704 g/mol. The molecule has 2 aromatic heterocycles. The van der Waals surface area contributed by atoms with Crippen molar-refractivity contribution in [1.82, 2.24) is 51.0 Å². The van der Waals surface area contributed by atoms with Crippen LogP contribution in [0.15, 0.2) is 34.3 Å². The Morgan fingerprint density at radius 1 is 0.736 bits per heavy atom. The van der Waals surface area contributed by atoms with Crippen molar-refractivity contribution in [3.05, 3.63) is 57.6 Å². The summed E-state index contributed by atoms with van der Waals surface area (Å²) in [7, 11) is 0. The minimum Gasteiger partial charge on any atom is -0.382 e. The molecule has 6 heterocycles. The number of nitrogen functional groups attached to an aromatic ring is 4. The third-order valence-corrected chi connectivity index (χ3v) is 10.5. The Kier molecular flexibility index (Phi) is 9.37. The largest absolute Gasteiger partial charge is 0.382 e. The van der Waals surface area contributed by atoms with E-state index in [0.29, 0.717) is 62.2 Å². The van der Waals surface area contributed by atoms with Crippen LogP contribution in [0, 0.1) is 6.92 Å². The lowest BCUT2D eigenvalue weighted by Gasteiger charge is -2.39. The molecule has 278 valence electrons. The van der Waals surface area contributed by atoms with Gasteiger partial charge in [-0.25, -0.2) is 19.9 Å². The van der Waals surface area contributed by atoms with E-state index in [1.54, 1.807) is 6.92 Å². The van der Waals surface area contributed by atoms with Crippen LogP contribution in [0.4, 0.5) is 23.3 Å². The standard InChI is InChI=1S/C33H41ClN16O3/c1-17-23(35)43-24(36)20(41-17)27(51)45-30-39-15-32(47-30)6-10-49(11-7-32)14-18-2-4-19(5-3-18)29(53)50-12-8-33(9-13-50)16-40-31(48-33)46-28(52)21-25(37)44-26(38)22(34)42-21/h2-5H,6-16H2,1H3,(H4,35,36,43)(H4,37,38,44)(H2,39,45,47,51)(H2,40,46,48,52). The molecule has 12 N–H and O–H groups in total. The van der Waals surface area contributed by atoms with Gasteiger partial charge in [0.05, 0.1) is 29.9 Å². The summed E-state index contributed by atoms with van der Waals surface area (Å²) in [5.74, 6) is -0.473. The number of carbonyl (C=O) groups is 3. The zero-order chi connectivity index (χ0) is 37.5. The number of nitrogens with zero attached hydrogens (tertiary/aromatic N) is 8. The van der Waals surface area contributed by atoms with Gasteiger partial charge in [0.15, 0.2) is 45.9 Å². The van der Waals surface area contributed by atoms with E-state index in [2.05, 4.69) is 56.1 Å². The average molecular weight is 745 g/mol. The van der Waals surface area contributed by atoms with Crippen LogP contribution in [0.1, 0.15) is 68.3 Å². The predicted molar refractivity (Wildman–Crippen MR) is 199 cm³/mol. The quantitative estimate of drug-likeness (QED) is 0.166. The van der Waals surface area contributed by atoms with Crippen molar-refractivity contribution in [3.63, 3.8) is 0 Å². The number of nitrogens with one attached hydrogen (secondary N) is 4. The number of anilines is 4. The summed E-state index contributed by atoms with van der Waals surface area (Å²) in [6, 6.07) is 7.79. The number of likely N-dealkylation sites (tertiary alicyclic amines) is 2. The van der Waals surface area contributed by atoms with E-state index in [9.17, 15) is 14.4 Å². The van der Waals surface area contributed by atoms with Gasteiger partial charge in [0.2, 0.25) is 0 Å². The van der Waals surface area contributed by atoms with Gasteiger partial charge < -0.3 is 38.5 Å². The van der Waals surface area contributed by atoms with E-state index in [0.717, 1.165) is 38.0 Å². The lowest BCUT2D eigenvalue weighted by atomic mass is 9.88. The molecule has 1 aromatic carbocycles. The van der Waals surface area contributed by atoms with Crippen molar-refractivity contribution < 1.29 is 14.4 Å². The number of hydrogen-bond donors (Lipinski definition) is 8. The van der Waals surface area contributed by atoms with Crippen molar-refractivity contribution in [1.29, 1.82) is 0 Å². The van der Waals surface area contributed by atoms with Crippen LogP contribution in [0.5, 0.6) is 0 Å². The number of rotatable bonds is 5. The zero-order valence-electron chi connectivity index (χ0n) is 29.1. The molecule has 2 spiro atoms. The molecule has 4 aliphatic heterocycles. The molecule has 3 aromatic rings. The van der Waals surface area contributed by atoms with Crippen LogP contribution >= 0.6 is 11.6 Å². The summed E-state index contributed by atoms with van der Waals surface area (Å²) >= 11 is 5.91. The SMILES string of the molecule is Cc1nc(C(=O)NC2=NCC3(CCN(Cc4ccc(C(=O)N5CCC6(CC5)CN=C(NC(=O)c5nc(Cl)c(N)nc5N)N6)cc4)CC3)N2)c(N)nc1N. The molecule has 4 aliphatic rings. The van der Waals surface area contributed by atoms with Crippen LogP contribution in [-0.4, -0.2) is 110 Å². The fraction of sp³-hybridized carbons (Fsp3) is 0.424. The van der Waals surface area contributed by atoms with Gasteiger partial charge in [0.1, 0.15) is 5.82 Å². The number of hydrogen-bond acceptors (Lipinski definition) is 16. The first-order chi connectivity index (χ1) is 25.3. The number of aryl methyl sites for hydroxylation is 1. The summed E-state index contributed by atoms with van der Waals surface area (Å²) in [5, 5.41) is 12.1. The van der Waals surface area contributed by atoms with Gasteiger partial charge in [-0.05, 0) is 50.3 Å². The van der Waals surface area contributed by atoms with Gasteiger partial charge in [-0.15, -0.1) is 0 Å². The summed E-state index contributed by atoms with van der Waals surface area (Å²) in [6.45, 7) is 6.19. The van der Waals surface area contributed by atoms with E-state index in [-0.39, 0.29) is 56.8 Å². The topological polar surface area (TPSA) is 286 Å².